The molecule has 0 aliphatic heterocycles. The number of carboxylic acid groups (broad SMARTS) is 1. The second-order valence-electron chi connectivity index (χ2n) is 7.65. The maximum atomic E-state index is 13.0. The normalized spacial score (nSPS) is 12.2. The van der Waals surface area contributed by atoms with E-state index in [0.717, 1.165) is 11.3 Å². The fraction of sp³-hybridized carbons (Fsp3) is 0.250. The Kier molecular flexibility index (Phi) is 10.8. The van der Waals surface area contributed by atoms with E-state index in [1.807, 2.05) is 36.6 Å². The number of amides is 2. The third-order valence-corrected chi connectivity index (χ3v) is 5.81. The summed E-state index contributed by atoms with van der Waals surface area (Å²) >= 11 is 1.51. The van der Waals surface area contributed by atoms with Gasteiger partial charge in [-0.2, -0.15) is 11.8 Å². The third-order valence-electron chi connectivity index (χ3n) is 5.16. The molecule has 1 heterocycles. The Morgan fingerprint density at radius 3 is 2.54 bits per heavy atom. The molecule has 11 heteroatoms. The van der Waals surface area contributed by atoms with Gasteiger partial charge < -0.3 is 26.5 Å². The van der Waals surface area contributed by atoms with E-state index in [-0.39, 0.29) is 18.3 Å². The van der Waals surface area contributed by atoms with Crippen LogP contribution in [0.4, 0.5) is 5.69 Å². The summed E-state index contributed by atoms with van der Waals surface area (Å²) in [5.41, 5.74) is 8.86. The molecule has 2 atom stereocenters. The molecule has 0 aliphatic carbocycles. The molecule has 186 valence electrons. The molecule has 2 aromatic carbocycles. The van der Waals surface area contributed by atoms with Crippen LogP contribution in [0.3, 0.4) is 0 Å². The summed E-state index contributed by atoms with van der Waals surface area (Å²) in [6, 6.07) is 12.3. The van der Waals surface area contributed by atoms with Crippen molar-refractivity contribution in [2.45, 2.75) is 24.9 Å². The van der Waals surface area contributed by atoms with Crippen molar-refractivity contribution in [3.05, 3.63) is 72.3 Å². The number of benzene rings is 2. The lowest BCUT2D eigenvalue weighted by Gasteiger charge is -2.17. The largest absolute Gasteiger partial charge is 0.480 e. The van der Waals surface area contributed by atoms with E-state index in [9.17, 15) is 19.5 Å². The molecule has 0 spiro atoms. The minimum absolute atomic E-state index is 0. The van der Waals surface area contributed by atoms with Crippen LogP contribution in [0.1, 0.15) is 22.5 Å². The minimum Gasteiger partial charge on any atom is -0.480 e. The number of thioether (sulfide) groups is 1. The van der Waals surface area contributed by atoms with Crippen LogP contribution in [0.5, 0.6) is 0 Å². The number of hydrogen-bond acceptors (Lipinski definition) is 6. The Hall–Kier alpha value is -3.34. The molecule has 0 radical (unpaired) electrons. The van der Waals surface area contributed by atoms with Gasteiger partial charge in [0.05, 0.1) is 12.4 Å². The van der Waals surface area contributed by atoms with Gasteiger partial charge in [-0.05, 0) is 47.8 Å². The second kappa shape index (κ2) is 13.5. The molecule has 0 unspecified atom stereocenters. The van der Waals surface area contributed by atoms with Crippen molar-refractivity contribution in [1.29, 1.82) is 0 Å². The van der Waals surface area contributed by atoms with Crippen LogP contribution in [-0.4, -0.2) is 57.0 Å². The van der Waals surface area contributed by atoms with Crippen molar-refractivity contribution in [3.8, 4) is 11.1 Å². The topological polar surface area (TPSA) is 150 Å². The molecule has 1 aromatic heterocycles. The minimum atomic E-state index is -1.08. The standard InChI is InChI=1S/C24H27N5O4S.ClH/c1-34-10-9-21(24(32)33)29-22(30)18-8-7-16(11-19(18)15-5-3-2-4-6-15)28-23(31)20(25)12-17-13-26-14-27-17;/h2-8,11,13-14,20-21H,9-10,12,25H2,1H3,(H,26,27)(H,28,31)(H,29,30)(H,32,33);1H/t20-,21-;/m0./s1. The van der Waals surface area contributed by atoms with Gasteiger partial charge in [-0.25, -0.2) is 9.78 Å². The van der Waals surface area contributed by atoms with Crippen LogP contribution in [0.2, 0.25) is 0 Å². The van der Waals surface area contributed by atoms with Crippen molar-refractivity contribution < 1.29 is 19.5 Å². The van der Waals surface area contributed by atoms with E-state index in [1.54, 1.807) is 24.4 Å². The number of carbonyl (C=O) groups is 3. The molecule has 35 heavy (non-hydrogen) atoms. The zero-order chi connectivity index (χ0) is 24.5. The summed E-state index contributed by atoms with van der Waals surface area (Å²) in [5, 5.41) is 14.9. The molecule has 0 saturated heterocycles. The Morgan fingerprint density at radius 2 is 1.91 bits per heavy atom. The first-order valence-corrected chi connectivity index (χ1v) is 12.0. The molecule has 0 aliphatic rings. The first kappa shape index (κ1) is 27.9. The lowest BCUT2D eigenvalue weighted by Crippen LogP contribution is -2.41. The molecule has 9 nitrogen and oxygen atoms in total. The number of aromatic amines is 1. The van der Waals surface area contributed by atoms with Crippen molar-refractivity contribution in [2.75, 3.05) is 17.3 Å². The van der Waals surface area contributed by atoms with Crippen molar-refractivity contribution in [2.24, 2.45) is 5.73 Å². The number of halogens is 1. The second-order valence-corrected chi connectivity index (χ2v) is 8.63. The smallest absolute Gasteiger partial charge is 0.326 e. The van der Waals surface area contributed by atoms with Crippen molar-refractivity contribution in [3.63, 3.8) is 0 Å². The lowest BCUT2D eigenvalue weighted by atomic mass is 9.97. The molecule has 0 saturated carbocycles. The molecule has 3 rings (SSSR count). The van der Waals surface area contributed by atoms with Crippen LogP contribution in [0.15, 0.2) is 61.1 Å². The van der Waals surface area contributed by atoms with Crippen molar-refractivity contribution >= 4 is 47.6 Å². The van der Waals surface area contributed by atoms with Gasteiger partial charge in [-0.3, -0.25) is 9.59 Å². The zero-order valence-electron chi connectivity index (χ0n) is 19.1. The molecule has 0 bridgehead atoms. The van der Waals surface area contributed by atoms with E-state index in [1.165, 1.54) is 18.1 Å². The van der Waals surface area contributed by atoms with Gasteiger partial charge in [0.1, 0.15) is 6.04 Å². The molecular formula is C24H28ClN5O4S. The summed E-state index contributed by atoms with van der Waals surface area (Å²) in [6.07, 6.45) is 5.61. The van der Waals surface area contributed by atoms with Crippen LogP contribution in [0, 0.1) is 0 Å². The molecule has 0 fully saturated rings. The van der Waals surface area contributed by atoms with E-state index >= 15 is 0 Å². The van der Waals surface area contributed by atoms with E-state index in [2.05, 4.69) is 20.6 Å². The molecule has 6 N–H and O–H groups in total. The number of carbonyl (C=O) groups excluding carboxylic acids is 2. The highest BCUT2D eigenvalue weighted by Gasteiger charge is 2.23. The number of rotatable bonds is 11. The maximum Gasteiger partial charge on any atom is 0.326 e. The lowest BCUT2D eigenvalue weighted by molar-refractivity contribution is -0.139. The number of nitrogens with zero attached hydrogens (tertiary/aromatic N) is 1. The first-order chi connectivity index (χ1) is 16.4. The van der Waals surface area contributed by atoms with Gasteiger partial charge in [-0.15, -0.1) is 12.4 Å². The van der Waals surface area contributed by atoms with E-state index < -0.39 is 24.0 Å². The molecule has 3 aromatic rings. The summed E-state index contributed by atoms with van der Waals surface area (Å²) in [4.78, 5) is 44.1. The predicted molar refractivity (Wildman–Crippen MR) is 140 cm³/mol. The number of anilines is 1. The van der Waals surface area contributed by atoms with Crippen LogP contribution in [-0.2, 0) is 16.0 Å². The maximum absolute atomic E-state index is 13.0. The van der Waals surface area contributed by atoms with Gasteiger partial charge in [-0.1, -0.05) is 30.3 Å². The number of nitrogens with two attached hydrogens (primary N) is 1. The Morgan fingerprint density at radius 1 is 1.17 bits per heavy atom. The number of carboxylic acids is 1. The number of hydrogen-bond donors (Lipinski definition) is 5. The van der Waals surface area contributed by atoms with Crippen LogP contribution in [0.25, 0.3) is 11.1 Å². The van der Waals surface area contributed by atoms with Crippen LogP contribution >= 0.6 is 24.2 Å². The summed E-state index contributed by atoms with van der Waals surface area (Å²) < 4.78 is 0. The fourth-order valence-corrected chi connectivity index (χ4v) is 3.84. The predicted octanol–water partition coefficient (Wildman–Crippen LogP) is 2.94. The SMILES string of the molecule is CSCC[C@H](NC(=O)c1ccc(NC(=O)[C@@H](N)Cc2cnc[nH]2)cc1-c1ccccc1)C(=O)O.Cl. The van der Waals surface area contributed by atoms with Crippen LogP contribution < -0.4 is 16.4 Å². The number of imidazole rings is 1. The Labute approximate surface area is 213 Å². The Balaban J connectivity index is 0.00000432. The number of aliphatic carboxylic acids is 1. The van der Waals surface area contributed by atoms with E-state index in [4.69, 9.17) is 5.73 Å². The highest BCUT2D eigenvalue weighted by molar-refractivity contribution is 7.98. The summed E-state index contributed by atoms with van der Waals surface area (Å²) in [7, 11) is 0. The van der Waals surface area contributed by atoms with Gasteiger partial charge in [0.2, 0.25) is 5.91 Å². The quantitative estimate of drug-likeness (QED) is 0.262. The fourth-order valence-electron chi connectivity index (χ4n) is 3.37. The monoisotopic (exact) mass is 517 g/mol. The zero-order valence-corrected chi connectivity index (χ0v) is 20.7. The van der Waals surface area contributed by atoms with Gasteiger partial charge in [0.15, 0.2) is 0 Å². The average molecular weight is 518 g/mol. The third kappa shape index (κ3) is 7.84. The van der Waals surface area contributed by atoms with Crippen molar-refractivity contribution in [1.82, 2.24) is 15.3 Å². The number of nitrogens with one attached hydrogen (secondary N) is 3. The van der Waals surface area contributed by atoms with Gasteiger partial charge in [0, 0.05) is 29.6 Å². The molecule has 2 amide bonds. The first-order valence-electron chi connectivity index (χ1n) is 10.6. The highest BCUT2D eigenvalue weighted by atomic mass is 35.5. The summed E-state index contributed by atoms with van der Waals surface area (Å²) in [5.74, 6) is -1.36. The van der Waals surface area contributed by atoms with E-state index in [0.29, 0.717) is 35.4 Å². The number of H-pyrrole nitrogens is 1. The van der Waals surface area contributed by atoms with Gasteiger partial charge in [0.25, 0.3) is 5.91 Å². The van der Waals surface area contributed by atoms with Gasteiger partial charge >= 0.3 is 5.97 Å². The Bertz CT molecular complexity index is 1130. The highest BCUT2D eigenvalue weighted by Crippen LogP contribution is 2.27. The summed E-state index contributed by atoms with van der Waals surface area (Å²) in [6.45, 7) is 0. The average Bonchev–Trinajstić information content (AvgIpc) is 3.35. The molecular weight excluding hydrogens is 490 g/mol. The number of aromatic nitrogens is 2.